The van der Waals surface area contributed by atoms with E-state index in [1.54, 1.807) is 36.4 Å². The molecule has 0 aliphatic carbocycles. The van der Waals surface area contributed by atoms with E-state index in [4.69, 9.17) is 44.4 Å². The molecular weight excluding hydrogens is 537 g/mol. The summed E-state index contributed by atoms with van der Waals surface area (Å²) in [7, 11) is 0. The van der Waals surface area contributed by atoms with E-state index in [9.17, 15) is 24.3 Å². The topological polar surface area (TPSA) is 117 Å². The van der Waals surface area contributed by atoms with Crippen molar-refractivity contribution in [3.8, 4) is 0 Å². The van der Waals surface area contributed by atoms with E-state index < -0.39 is 39.9 Å². The van der Waals surface area contributed by atoms with Crippen LogP contribution in [0.4, 0.5) is 4.79 Å². The molecule has 0 spiro atoms. The second kappa shape index (κ2) is 10.6. The number of carboxylic acids is 1. The number of piperidine rings is 1. The van der Waals surface area contributed by atoms with E-state index in [1.165, 1.54) is 12.1 Å². The molecule has 1 saturated heterocycles. The fourth-order valence-corrected chi connectivity index (χ4v) is 4.37. The molecule has 2 heterocycles. The molecule has 2 aromatic carbocycles. The highest BCUT2D eigenvalue weighted by atomic mass is 35.6. The Kier molecular flexibility index (Phi) is 7.72. The molecule has 0 saturated carbocycles. The van der Waals surface area contributed by atoms with Gasteiger partial charge in [0, 0.05) is 6.54 Å². The molecule has 190 valence electrons. The van der Waals surface area contributed by atoms with Crippen LogP contribution in [0.2, 0.25) is 0 Å². The number of alkyl halides is 3. The molecule has 1 N–H and O–H groups in total. The van der Waals surface area contributed by atoms with Crippen LogP contribution in [-0.4, -0.2) is 66.7 Å². The predicted octanol–water partition coefficient (Wildman–Crippen LogP) is 4.01. The molecule has 13 heteroatoms. The number of rotatable bonds is 6. The number of aliphatic carboxylic acids is 1. The van der Waals surface area contributed by atoms with Gasteiger partial charge in [-0.2, -0.15) is 10.1 Å². The number of carbonyl (C=O) groups excluding carboxylic acids is 3. The molecule has 3 amide bonds. The second-order valence-electron chi connectivity index (χ2n) is 8.07. The third kappa shape index (κ3) is 5.58. The Morgan fingerprint density at radius 1 is 0.972 bits per heavy atom. The monoisotopic (exact) mass is 555 g/mol. The maximum atomic E-state index is 13.1. The summed E-state index contributed by atoms with van der Waals surface area (Å²) >= 11 is 16.9. The molecular formula is C23H20Cl3N3O7. The SMILES string of the molecule is O=C(O)[C@@H]1CC[C@@H](N(OCc2ccccc2)C(=O)OC(Cl)(Cl)Cl)CN1N1C(=O)c2ccccc2C1=O. The minimum Gasteiger partial charge on any atom is -0.480 e. The summed E-state index contributed by atoms with van der Waals surface area (Å²) in [4.78, 5) is 56.8. The number of fused-ring (bicyclic) bond motifs is 1. The molecule has 2 aliphatic heterocycles. The highest BCUT2D eigenvalue weighted by molar-refractivity contribution is 6.66. The van der Waals surface area contributed by atoms with Gasteiger partial charge in [-0.15, -0.1) is 0 Å². The molecule has 0 bridgehead atoms. The lowest BCUT2D eigenvalue weighted by molar-refractivity contribution is -0.194. The summed E-state index contributed by atoms with van der Waals surface area (Å²) in [6.07, 6.45) is -1.01. The maximum absolute atomic E-state index is 13.1. The second-order valence-corrected chi connectivity index (χ2v) is 10.3. The number of nitrogens with zero attached hydrogens (tertiary/aromatic N) is 3. The van der Waals surface area contributed by atoms with Crippen LogP contribution in [0, 0.1) is 0 Å². The van der Waals surface area contributed by atoms with Crippen molar-refractivity contribution >= 4 is 58.7 Å². The summed E-state index contributed by atoms with van der Waals surface area (Å²) in [6, 6.07) is 13.0. The highest BCUT2D eigenvalue weighted by Crippen LogP contribution is 2.33. The average Bonchev–Trinajstić information content (AvgIpc) is 3.08. The Bertz CT molecular complexity index is 1140. The van der Waals surface area contributed by atoms with E-state index in [0.29, 0.717) is 0 Å². The summed E-state index contributed by atoms with van der Waals surface area (Å²) in [5, 5.41) is 12.6. The van der Waals surface area contributed by atoms with Gasteiger partial charge >= 0.3 is 16.0 Å². The normalized spacial score (nSPS) is 20.2. The Morgan fingerprint density at radius 2 is 1.56 bits per heavy atom. The van der Waals surface area contributed by atoms with Gasteiger partial charge in [0.2, 0.25) is 0 Å². The number of carboxylic acid groups (broad SMARTS) is 1. The smallest absolute Gasteiger partial charge is 0.437 e. The number of imide groups is 1. The van der Waals surface area contributed by atoms with E-state index >= 15 is 0 Å². The van der Waals surface area contributed by atoms with Crippen molar-refractivity contribution in [2.75, 3.05) is 6.54 Å². The average molecular weight is 557 g/mol. The van der Waals surface area contributed by atoms with Crippen molar-refractivity contribution in [2.45, 2.75) is 35.5 Å². The Labute approximate surface area is 220 Å². The van der Waals surface area contributed by atoms with E-state index in [1.807, 2.05) is 6.07 Å². The van der Waals surface area contributed by atoms with Crippen molar-refractivity contribution < 1.29 is 33.9 Å². The van der Waals surface area contributed by atoms with Crippen molar-refractivity contribution in [3.63, 3.8) is 0 Å². The third-order valence-electron chi connectivity index (χ3n) is 5.77. The molecule has 4 rings (SSSR count). The van der Waals surface area contributed by atoms with Gasteiger partial charge < -0.3 is 9.84 Å². The minimum absolute atomic E-state index is 0.0142. The zero-order valence-corrected chi connectivity index (χ0v) is 20.8. The van der Waals surface area contributed by atoms with Gasteiger partial charge in [-0.3, -0.25) is 19.2 Å². The Balaban J connectivity index is 1.61. The first-order chi connectivity index (χ1) is 17.1. The zero-order chi connectivity index (χ0) is 26.0. The van der Waals surface area contributed by atoms with Crippen LogP contribution >= 0.6 is 34.8 Å². The summed E-state index contributed by atoms with van der Waals surface area (Å²) in [5.41, 5.74) is 1.03. The summed E-state index contributed by atoms with van der Waals surface area (Å²) < 4.78 is 2.46. The van der Waals surface area contributed by atoms with Crippen LogP contribution < -0.4 is 0 Å². The van der Waals surface area contributed by atoms with Crippen molar-refractivity contribution in [1.82, 2.24) is 15.1 Å². The molecule has 0 radical (unpaired) electrons. The number of hydrogen-bond acceptors (Lipinski definition) is 7. The van der Waals surface area contributed by atoms with Gasteiger partial charge in [0.05, 0.1) is 17.2 Å². The van der Waals surface area contributed by atoms with Gasteiger partial charge in [-0.1, -0.05) is 42.5 Å². The minimum atomic E-state index is -2.38. The molecule has 10 nitrogen and oxygen atoms in total. The first kappa shape index (κ1) is 26.2. The molecule has 1 fully saturated rings. The standard InChI is InChI=1S/C23H20Cl3N3O7/c24-23(25,26)36-22(34)29(35-13-14-6-2-1-3-7-14)15-10-11-18(21(32)33)27(12-15)28-19(30)16-8-4-5-9-17(16)20(28)31/h1-9,15,18H,10-13H2,(H,32,33)/t15-,18+/m1/s1. The van der Waals surface area contributed by atoms with Crippen molar-refractivity contribution in [2.24, 2.45) is 0 Å². The molecule has 0 unspecified atom stereocenters. The van der Waals surface area contributed by atoms with Crippen LogP contribution in [0.5, 0.6) is 0 Å². The molecule has 2 aliphatic rings. The molecule has 2 aromatic rings. The molecule has 36 heavy (non-hydrogen) atoms. The lowest BCUT2D eigenvalue weighted by Crippen LogP contribution is -2.62. The Hall–Kier alpha value is -2.89. The number of hydroxylamine groups is 2. The molecule has 0 aromatic heterocycles. The van der Waals surface area contributed by atoms with Crippen LogP contribution in [-0.2, 0) is 21.0 Å². The van der Waals surface area contributed by atoms with E-state index in [0.717, 1.165) is 20.6 Å². The number of halogens is 3. The van der Waals surface area contributed by atoms with Gasteiger partial charge in [-0.05, 0) is 65.3 Å². The lowest BCUT2D eigenvalue weighted by Gasteiger charge is -2.43. The van der Waals surface area contributed by atoms with E-state index in [-0.39, 0.29) is 37.1 Å². The quantitative estimate of drug-likeness (QED) is 0.322. The number of benzene rings is 2. The lowest BCUT2D eigenvalue weighted by atomic mass is 9.99. The third-order valence-corrected chi connectivity index (χ3v) is 6.00. The van der Waals surface area contributed by atoms with Crippen LogP contribution in [0.15, 0.2) is 54.6 Å². The number of carbonyl (C=O) groups is 4. The van der Waals surface area contributed by atoms with E-state index in [2.05, 4.69) is 0 Å². The Morgan fingerprint density at radius 3 is 2.11 bits per heavy atom. The predicted molar refractivity (Wildman–Crippen MR) is 128 cm³/mol. The number of amides is 3. The van der Waals surface area contributed by atoms with Crippen molar-refractivity contribution in [1.29, 1.82) is 0 Å². The fourth-order valence-electron chi connectivity index (χ4n) is 4.18. The van der Waals surface area contributed by atoms with Gasteiger partial charge in [0.1, 0.15) is 12.6 Å². The number of hydrogen-bond donors (Lipinski definition) is 1. The molecule has 2 atom stereocenters. The fraction of sp³-hybridized carbons (Fsp3) is 0.304. The number of ether oxygens (including phenoxy) is 1. The summed E-state index contributed by atoms with van der Waals surface area (Å²) in [6.45, 7) is -0.298. The number of hydrazine groups is 1. The summed E-state index contributed by atoms with van der Waals surface area (Å²) in [5.74, 6) is -2.56. The first-order valence-corrected chi connectivity index (χ1v) is 11.9. The maximum Gasteiger partial charge on any atom is 0.437 e. The van der Waals surface area contributed by atoms with Crippen molar-refractivity contribution in [3.05, 3.63) is 71.3 Å². The first-order valence-electron chi connectivity index (χ1n) is 10.8. The van der Waals surface area contributed by atoms with Crippen LogP contribution in [0.25, 0.3) is 0 Å². The van der Waals surface area contributed by atoms with Gasteiger partial charge in [0.25, 0.3) is 11.8 Å². The van der Waals surface area contributed by atoms with Gasteiger partial charge in [0.15, 0.2) is 0 Å². The highest BCUT2D eigenvalue weighted by Gasteiger charge is 2.48. The van der Waals surface area contributed by atoms with Crippen LogP contribution in [0.3, 0.4) is 0 Å². The largest absolute Gasteiger partial charge is 0.480 e. The van der Waals surface area contributed by atoms with Gasteiger partial charge in [-0.25, -0.2) is 9.80 Å². The van der Waals surface area contributed by atoms with Crippen LogP contribution in [0.1, 0.15) is 39.1 Å². The zero-order valence-electron chi connectivity index (χ0n) is 18.6.